The number of benzene rings is 1. The Morgan fingerprint density at radius 2 is 2.03 bits per heavy atom. The molecule has 1 aromatic carbocycles. The average molecular weight is 413 g/mol. The van der Waals surface area contributed by atoms with Crippen molar-refractivity contribution in [2.75, 3.05) is 26.7 Å². The number of nitrogens with one attached hydrogen (secondary N) is 1. The van der Waals surface area contributed by atoms with Crippen LogP contribution < -0.4 is 10.1 Å². The first-order valence-corrected chi connectivity index (χ1v) is 11.8. The fourth-order valence-corrected chi connectivity index (χ4v) is 5.80. The molecule has 4 rings (SSSR count). The topological polar surface area (TPSA) is 41.6 Å². The molecule has 29 heavy (non-hydrogen) atoms. The third-order valence-electron chi connectivity index (χ3n) is 6.52. The summed E-state index contributed by atoms with van der Waals surface area (Å²) in [5, 5.41) is 3.24. The van der Waals surface area contributed by atoms with Gasteiger partial charge in [-0.2, -0.15) is 0 Å². The number of amides is 1. The first kappa shape index (κ1) is 20.4. The van der Waals surface area contributed by atoms with Gasteiger partial charge in [0.25, 0.3) is 5.91 Å². The molecule has 2 aromatic rings. The molecule has 1 aliphatic carbocycles. The second-order valence-corrected chi connectivity index (χ2v) is 9.45. The van der Waals surface area contributed by atoms with Gasteiger partial charge in [0.15, 0.2) is 0 Å². The molecule has 2 atom stereocenters. The van der Waals surface area contributed by atoms with E-state index < -0.39 is 0 Å². The molecule has 1 aliphatic heterocycles. The van der Waals surface area contributed by atoms with Gasteiger partial charge >= 0.3 is 0 Å². The number of thiophene rings is 1. The van der Waals surface area contributed by atoms with Gasteiger partial charge in [-0.15, -0.1) is 11.3 Å². The minimum atomic E-state index is 0.0788. The van der Waals surface area contributed by atoms with Gasteiger partial charge in [-0.3, -0.25) is 9.69 Å². The van der Waals surface area contributed by atoms with E-state index in [1.165, 1.54) is 41.7 Å². The van der Waals surface area contributed by atoms with Crippen molar-refractivity contribution < 1.29 is 9.53 Å². The lowest BCUT2D eigenvalue weighted by Crippen LogP contribution is -2.36. The molecule has 1 amide bonds. The summed E-state index contributed by atoms with van der Waals surface area (Å²) in [7, 11) is 1.69. The molecule has 1 aromatic heterocycles. The SMILES string of the molecule is CC[C@@H]1CCc2sc(C(=O)NC[C@@H](c3ccc(OC)cc3)N3CCCC3)cc2C1. The number of hydrogen-bond donors (Lipinski definition) is 1. The van der Waals surface area contributed by atoms with Crippen molar-refractivity contribution in [2.45, 2.75) is 51.5 Å². The molecule has 1 fully saturated rings. The second kappa shape index (κ2) is 9.31. The number of carbonyl (C=O) groups excluding carboxylic acids is 1. The lowest BCUT2D eigenvalue weighted by atomic mass is 9.87. The van der Waals surface area contributed by atoms with Crippen LogP contribution in [0.2, 0.25) is 0 Å². The molecular formula is C24H32N2O2S. The maximum Gasteiger partial charge on any atom is 0.261 e. The standard InChI is InChI=1S/C24H32N2O2S/c1-3-17-6-11-22-19(14-17)15-23(29-22)24(27)25-16-21(26-12-4-5-13-26)18-7-9-20(28-2)10-8-18/h7-10,15,17,21H,3-6,11-14,16H2,1-2H3,(H,25,27)/t17-,21+/m1/s1. The highest BCUT2D eigenvalue weighted by Crippen LogP contribution is 2.33. The zero-order valence-corrected chi connectivity index (χ0v) is 18.4. The molecule has 0 unspecified atom stereocenters. The largest absolute Gasteiger partial charge is 0.497 e. The van der Waals surface area contributed by atoms with Crippen molar-refractivity contribution in [1.29, 1.82) is 0 Å². The van der Waals surface area contributed by atoms with Crippen LogP contribution in [0.25, 0.3) is 0 Å². The van der Waals surface area contributed by atoms with Gasteiger partial charge < -0.3 is 10.1 Å². The Balaban J connectivity index is 1.44. The van der Waals surface area contributed by atoms with E-state index in [1.807, 2.05) is 12.1 Å². The molecule has 0 saturated carbocycles. The summed E-state index contributed by atoms with van der Waals surface area (Å²) in [6, 6.07) is 10.6. The highest BCUT2D eigenvalue weighted by Gasteiger charge is 2.26. The van der Waals surface area contributed by atoms with Crippen molar-refractivity contribution in [3.63, 3.8) is 0 Å². The summed E-state index contributed by atoms with van der Waals surface area (Å²) in [6.45, 7) is 5.11. The average Bonchev–Trinajstić information content (AvgIpc) is 3.43. The van der Waals surface area contributed by atoms with Gasteiger partial charge in [-0.1, -0.05) is 25.5 Å². The third-order valence-corrected chi connectivity index (χ3v) is 7.76. The molecule has 2 heterocycles. The van der Waals surface area contributed by atoms with E-state index in [4.69, 9.17) is 4.74 Å². The molecule has 0 bridgehead atoms. The lowest BCUT2D eigenvalue weighted by Gasteiger charge is -2.28. The van der Waals surface area contributed by atoms with E-state index in [0.717, 1.165) is 42.5 Å². The summed E-state index contributed by atoms with van der Waals surface area (Å²) >= 11 is 1.70. The van der Waals surface area contributed by atoms with Crippen LogP contribution in [0.5, 0.6) is 5.75 Å². The molecule has 5 heteroatoms. The summed E-state index contributed by atoms with van der Waals surface area (Å²) < 4.78 is 5.30. The highest BCUT2D eigenvalue weighted by atomic mass is 32.1. The smallest absolute Gasteiger partial charge is 0.261 e. The van der Waals surface area contributed by atoms with Crippen LogP contribution >= 0.6 is 11.3 Å². The summed E-state index contributed by atoms with van der Waals surface area (Å²) in [5.41, 5.74) is 2.65. The van der Waals surface area contributed by atoms with E-state index in [9.17, 15) is 4.79 Å². The summed E-state index contributed by atoms with van der Waals surface area (Å²) in [4.78, 5) is 17.7. The summed E-state index contributed by atoms with van der Waals surface area (Å²) in [6.07, 6.45) is 7.23. The van der Waals surface area contributed by atoms with E-state index in [1.54, 1.807) is 18.4 Å². The number of fused-ring (bicyclic) bond motifs is 1. The lowest BCUT2D eigenvalue weighted by molar-refractivity contribution is 0.0942. The van der Waals surface area contributed by atoms with Crippen LogP contribution in [-0.4, -0.2) is 37.6 Å². The first-order chi connectivity index (χ1) is 14.2. The zero-order chi connectivity index (χ0) is 20.2. The molecular weight excluding hydrogens is 380 g/mol. The quantitative estimate of drug-likeness (QED) is 0.708. The van der Waals surface area contributed by atoms with E-state index >= 15 is 0 Å². The van der Waals surface area contributed by atoms with Gasteiger partial charge in [-0.25, -0.2) is 0 Å². The van der Waals surface area contributed by atoms with Crippen molar-refractivity contribution in [3.8, 4) is 5.75 Å². The second-order valence-electron chi connectivity index (χ2n) is 8.32. The fraction of sp³-hybridized carbons (Fsp3) is 0.542. The first-order valence-electron chi connectivity index (χ1n) is 11.0. The Bertz CT molecular complexity index is 824. The van der Waals surface area contributed by atoms with E-state index in [0.29, 0.717) is 6.54 Å². The Morgan fingerprint density at radius 3 is 2.72 bits per heavy atom. The van der Waals surface area contributed by atoms with Crippen molar-refractivity contribution >= 4 is 17.2 Å². The normalized spacial score (nSPS) is 20.3. The Kier molecular flexibility index (Phi) is 6.56. The zero-order valence-electron chi connectivity index (χ0n) is 17.6. The Hall–Kier alpha value is -1.85. The van der Waals surface area contributed by atoms with E-state index in [2.05, 4.69) is 35.3 Å². The number of rotatable bonds is 7. The number of carbonyl (C=O) groups is 1. The van der Waals surface area contributed by atoms with E-state index in [-0.39, 0.29) is 11.9 Å². The van der Waals surface area contributed by atoms with Gasteiger partial charge in [-0.05, 0) is 80.4 Å². The maximum atomic E-state index is 12.9. The number of methoxy groups -OCH3 is 1. The maximum absolute atomic E-state index is 12.9. The van der Waals surface area contributed by atoms with Crippen LogP contribution in [0.1, 0.15) is 64.3 Å². The molecule has 1 saturated heterocycles. The third kappa shape index (κ3) is 4.67. The van der Waals surface area contributed by atoms with Gasteiger partial charge in [0.1, 0.15) is 5.75 Å². The van der Waals surface area contributed by atoms with Gasteiger partial charge in [0.05, 0.1) is 18.0 Å². The molecule has 4 nitrogen and oxygen atoms in total. The molecule has 156 valence electrons. The number of ether oxygens (including phenoxy) is 1. The van der Waals surface area contributed by atoms with Crippen LogP contribution in [-0.2, 0) is 12.8 Å². The fourth-order valence-electron chi connectivity index (χ4n) is 4.67. The van der Waals surface area contributed by atoms with Crippen molar-refractivity contribution in [1.82, 2.24) is 10.2 Å². The molecule has 1 N–H and O–H groups in total. The van der Waals surface area contributed by atoms with Crippen molar-refractivity contribution in [3.05, 3.63) is 51.2 Å². The Morgan fingerprint density at radius 1 is 1.28 bits per heavy atom. The number of nitrogens with zero attached hydrogens (tertiary/aromatic N) is 1. The van der Waals surface area contributed by atoms with Gasteiger partial charge in [0, 0.05) is 11.4 Å². The predicted molar refractivity (Wildman–Crippen MR) is 119 cm³/mol. The minimum Gasteiger partial charge on any atom is -0.497 e. The van der Waals surface area contributed by atoms with Crippen LogP contribution in [0, 0.1) is 5.92 Å². The molecule has 0 spiro atoms. The number of hydrogen-bond acceptors (Lipinski definition) is 4. The predicted octanol–water partition coefficient (Wildman–Crippen LogP) is 4.84. The van der Waals surface area contributed by atoms with Crippen LogP contribution in [0.15, 0.2) is 30.3 Å². The van der Waals surface area contributed by atoms with Crippen LogP contribution in [0.3, 0.4) is 0 Å². The highest BCUT2D eigenvalue weighted by molar-refractivity contribution is 7.14. The monoisotopic (exact) mass is 412 g/mol. The minimum absolute atomic E-state index is 0.0788. The molecule has 0 radical (unpaired) electrons. The number of likely N-dealkylation sites (tertiary alicyclic amines) is 1. The van der Waals surface area contributed by atoms with Crippen molar-refractivity contribution in [2.24, 2.45) is 5.92 Å². The Labute approximate surface area is 178 Å². The molecule has 2 aliphatic rings. The summed E-state index contributed by atoms with van der Waals surface area (Å²) in [5.74, 6) is 1.73. The van der Waals surface area contributed by atoms with Crippen LogP contribution in [0.4, 0.5) is 0 Å². The van der Waals surface area contributed by atoms with Gasteiger partial charge in [0.2, 0.25) is 0 Å². The number of aryl methyl sites for hydroxylation is 1.